The van der Waals surface area contributed by atoms with Crippen LogP contribution in [0.4, 0.5) is 0 Å². The number of hydrogen-bond donors (Lipinski definition) is 1. The van der Waals surface area contributed by atoms with Gasteiger partial charge in [-0.05, 0) is 38.6 Å². The number of nitrogens with zero attached hydrogens (tertiary/aromatic N) is 1. The van der Waals surface area contributed by atoms with Crippen LogP contribution in [-0.4, -0.2) is 12.0 Å². The quantitative estimate of drug-likeness (QED) is 0.691. The molecule has 0 aliphatic rings. The lowest BCUT2D eigenvalue weighted by Gasteiger charge is -2.24. The van der Waals surface area contributed by atoms with Crippen molar-refractivity contribution < 1.29 is 0 Å². The fraction of sp³-hybridized carbons (Fsp3) is 0.444. The van der Waals surface area contributed by atoms with Crippen molar-refractivity contribution in [2.45, 2.75) is 19.4 Å². The summed E-state index contributed by atoms with van der Waals surface area (Å²) in [6.45, 7) is 4.28. The third-order valence-electron chi connectivity index (χ3n) is 2.03. The molecular formula is C9H14N2. The van der Waals surface area contributed by atoms with Gasteiger partial charge in [-0.25, -0.2) is 0 Å². The molecule has 0 fully saturated rings. The molecule has 0 unspecified atom stereocenters. The highest BCUT2D eigenvalue weighted by Gasteiger charge is 2.16. The molecule has 0 aromatic carbocycles. The van der Waals surface area contributed by atoms with Crippen molar-refractivity contribution in [3.05, 3.63) is 30.1 Å². The van der Waals surface area contributed by atoms with E-state index in [9.17, 15) is 0 Å². The molecule has 1 aromatic rings. The predicted octanol–water partition coefficient (Wildman–Crippen LogP) is 1.54. The van der Waals surface area contributed by atoms with Gasteiger partial charge in [0.15, 0.2) is 0 Å². The summed E-state index contributed by atoms with van der Waals surface area (Å²) in [5.74, 6) is 0. The van der Waals surface area contributed by atoms with Gasteiger partial charge in [-0.2, -0.15) is 0 Å². The monoisotopic (exact) mass is 150 g/mol. The number of nitrogens with one attached hydrogen (secondary N) is 1. The normalized spacial score (nSPS) is 11.5. The average Bonchev–Trinajstić information content (AvgIpc) is 2.06. The summed E-state index contributed by atoms with van der Waals surface area (Å²) in [5, 5.41) is 3.23. The maximum atomic E-state index is 3.97. The van der Waals surface area contributed by atoms with Crippen molar-refractivity contribution >= 4 is 0 Å². The molecule has 1 rings (SSSR count). The first-order chi connectivity index (χ1) is 5.17. The van der Waals surface area contributed by atoms with Crippen molar-refractivity contribution in [3.8, 4) is 0 Å². The van der Waals surface area contributed by atoms with Gasteiger partial charge in [0.2, 0.25) is 0 Å². The summed E-state index contributed by atoms with van der Waals surface area (Å²) in [6.07, 6.45) is 3.63. The molecule has 0 amide bonds. The SMILES string of the molecule is CNC(C)(C)c1ccncc1. The van der Waals surface area contributed by atoms with Crippen LogP contribution in [-0.2, 0) is 5.54 Å². The van der Waals surface area contributed by atoms with E-state index in [2.05, 4.69) is 24.1 Å². The molecule has 0 radical (unpaired) electrons. The molecule has 11 heavy (non-hydrogen) atoms. The molecule has 0 saturated carbocycles. The van der Waals surface area contributed by atoms with Crippen LogP contribution >= 0.6 is 0 Å². The van der Waals surface area contributed by atoms with Crippen molar-refractivity contribution in [2.24, 2.45) is 0 Å². The smallest absolute Gasteiger partial charge is 0.0376 e. The summed E-state index contributed by atoms with van der Waals surface area (Å²) in [4.78, 5) is 3.97. The maximum Gasteiger partial charge on any atom is 0.0376 e. The molecule has 1 N–H and O–H groups in total. The summed E-state index contributed by atoms with van der Waals surface area (Å²) in [7, 11) is 1.96. The zero-order valence-corrected chi connectivity index (χ0v) is 7.26. The molecule has 0 aliphatic carbocycles. The zero-order chi connectivity index (χ0) is 8.32. The van der Waals surface area contributed by atoms with Crippen LogP contribution < -0.4 is 5.32 Å². The van der Waals surface area contributed by atoms with Crippen LogP contribution in [0.3, 0.4) is 0 Å². The van der Waals surface area contributed by atoms with Gasteiger partial charge >= 0.3 is 0 Å². The Balaban J connectivity index is 2.93. The van der Waals surface area contributed by atoms with E-state index < -0.39 is 0 Å². The van der Waals surface area contributed by atoms with Crippen LogP contribution in [0, 0.1) is 0 Å². The summed E-state index contributed by atoms with van der Waals surface area (Å²) >= 11 is 0. The van der Waals surface area contributed by atoms with E-state index in [1.165, 1.54) is 5.56 Å². The summed E-state index contributed by atoms with van der Waals surface area (Å²) < 4.78 is 0. The molecule has 2 heteroatoms. The topological polar surface area (TPSA) is 24.9 Å². The minimum absolute atomic E-state index is 0.0446. The third kappa shape index (κ3) is 1.77. The van der Waals surface area contributed by atoms with Gasteiger partial charge in [0.1, 0.15) is 0 Å². The van der Waals surface area contributed by atoms with Crippen LogP contribution in [0.5, 0.6) is 0 Å². The van der Waals surface area contributed by atoms with Crippen molar-refractivity contribution in [1.82, 2.24) is 10.3 Å². The third-order valence-corrected chi connectivity index (χ3v) is 2.03. The average molecular weight is 150 g/mol. The Bertz CT molecular complexity index is 216. The van der Waals surface area contributed by atoms with Gasteiger partial charge in [0, 0.05) is 17.9 Å². The lowest BCUT2D eigenvalue weighted by atomic mass is 9.96. The second-order valence-electron chi connectivity index (χ2n) is 3.11. The highest BCUT2D eigenvalue weighted by molar-refractivity contribution is 5.18. The van der Waals surface area contributed by atoms with Gasteiger partial charge in [0.25, 0.3) is 0 Å². The Morgan fingerprint density at radius 1 is 1.27 bits per heavy atom. The van der Waals surface area contributed by atoms with E-state index in [1.54, 1.807) is 0 Å². The molecule has 0 saturated heterocycles. The Morgan fingerprint density at radius 2 is 1.82 bits per heavy atom. The fourth-order valence-corrected chi connectivity index (χ4v) is 0.913. The largest absolute Gasteiger partial charge is 0.311 e. The Kier molecular flexibility index (Phi) is 2.25. The number of hydrogen-bond acceptors (Lipinski definition) is 2. The Labute approximate surface area is 67.7 Å². The summed E-state index contributed by atoms with van der Waals surface area (Å²) in [5.41, 5.74) is 1.30. The van der Waals surface area contributed by atoms with E-state index in [0.717, 1.165) is 0 Å². The van der Waals surface area contributed by atoms with Gasteiger partial charge in [0.05, 0.1) is 0 Å². The second kappa shape index (κ2) is 3.01. The number of rotatable bonds is 2. The van der Waals surface area contributed by atoms with Crippen LogP contribution in [0.15, 0.2) is 24.5 Å². The Hall–Kier alpha value is -0.890. The van der Waals surface area contributed by atoms with E-state index in [-0.39, 0.29) is 5.54 Å². The van der Waals surface area contributed by atoms with Gasteiger partial charge < -0.3 is 5.32 Å². The molecule has 0 atom stereocenters. The fourth-order valence-electron chi connectivity index (χ4n) is 0.913. The lowest BCUT2D eigenvalue weighted by molar-refractivity contribution is 0.444. The minimum atomic E-state index is 0.0446. The molecule has 1 heterocycles. The molecule has 60 valence electrons. The molecule has 1 aromatic heterocycles. The van der Waals surface area contributed by atoms with E-state index in [4.69, 9.17) is 0 Å². The van der Waals surface area contributed by atoms with Crippen molar-refractivity contribution in [1.29, 1.82) is 0 Å². The molecule has 0 bridgehead atoms. The second-order valence-corrected chi connectivity index (χ2v) is 3.11. The van der Waals surface area contributed by atoms with E-state index >= 15 is 0 Å². The van der Waals surface area contributed by atoms with Crippen molar-refractivity contribution in [2.75, 3.05) is 7.05 Å². The first-order valence-electron chi connectivity index (χ1n) is 3.76. The number of pyridine rings is 1. The first-order valence-corrected chi connectivity index (χ1v) is 3.76. The number of aromatic nitrogens is 1. The van der Waals surface area contributed by atoms with Crippen LogP contribution in [0.25, 0.3) is 0 Å². The van der Waals surface area contributed by atoms with E-state index in [0.29, 0.717) is 0 Å². The zero-order valence-electron chi connectivity index (χ0n) is 7.26. The Morgan fingerprint density at radius 3 is 2.27 bits per heavy atom. The molecule has 2 nitrogen and oxygen atoms in total. The van der Waals surface area contributed by atoms with Crippen LogP contribution in [0.2, 0.25) is 0 Å². The van der Waals surface area contributed by atoms with Gasteiger partial charge in [-0.1, -0.05) is 0 Å². The maximum absolute atomic E-state index is 3.97. The highest BCUT2D eigenvalue weighted by atomic mass is 14.9. The van der Waals surface area contributed by atoms with Gasteiger partial charge in [-0.3, -0.25) is 4.98 Å². The first kappa shape index (κ1) is 8.21. The van der Waals surface area contributed by atoms with Crippen molar-refractivity contribution in [3.63, 3.8) is 0 Å². The highest BCUT2D eigenvalue weighted by Crippen LogP contribution is 2.17. The minimum Gasteiger partial charge on any atom is -0.311 e. The van der Waals surface area contributed by atoms with E-state index in [1.807, 2.05) is 31.6 Å². The molecule has 0 aliphatic heterocycles. The molecule has 0 spiro atoms. The van der Waals surface area contributed by atoms with Crippen LogP contribution in [0.1, 0.15) is 19.4 Å². The standard InChI is InChI=1S/C9H14N2/c1-9(2,10-3)8-4-6-11-7-5-8/h4-7,10H,1-3H3. The summed E-state index contributed by atoms with van der Waals surface area (Å²) in [6, 6.07) is 4.05. The predicted molar refractivity (Wildman–Crippen MR) is 46.3 cm³/mol. The molecular weight excluding hydrogens is 136 g/mol. The lowest BCUT2D eigenvalue weighted by Crippen LogP contribution is -2.32. The van der Waals surface area contributed by atoms with Gasteiger partial charge in [-0.15, -0.1) is 0 Å².